The lowest BCUT2D eigenvalue weighted by atomic mass is 10.3. The van der Waals surface area contributed by atoms with Gasteiger partial charge in [-0.1, -0.05) is 0 Å². The molecule has 0 aliphatic rings. The van der Waals surface area contributed by atoms with Gasteiger partial charge in [0.2, 0.25) is 0 Å². The van der Waals surface area contributed by atoms with E-state index in [1.54, 1.807) is 18.7 Å². The molecule has 80 valence electrons. The number of furan rings is 1. The zero-order valence-electron chi connectivity index (χ0n) is 8.79. The van der Waals surface area contributed by atoms with Gasteiger partial charge >= 0.3 is 0 Å². The summed E-state index contributed by atoms with van der Waals surface area (Å²) in [6.45, 7) is 0.629. The minimum Gasteiger partial charge on any atom is -0.472 e. The second kappa shape index (κ2) is 4.45. The van der Waals surface area contributed by atoms with E-state index in [9.17, 15) is 0 Å². The predicted molar refractivity (Wildman–Crippen MR) is 57.6 cm³/mol. The summed E-state index contributed by atoms with van der Waals surface area (Å²) in [5.74, 6) is 0.575. The lowest BCUT2D eigenvalue weighted by Crippen LogP contribution is -2.19. The number of nitriles is 1. The maximum Gasteiger partial charge on any atom is 0.183 e. The van der Waals surface area contributed by atoms with Crippen LogP contribution in [0.5, 0.6) is 0 Å². The van der Waals surface area contributed by atoms with E-state index in [2.05, 4.69) is 9.97 Å². The summed E-state index contributed by atoms with van der Waals surface area (Å²) >= 11 is 0. The van der Waals surface area contributed by atoms with Gasteiger partial charge in [0.05, 0.1) is 12.5 Å². The molecule has 0 bridgehead atoms. The van der Waals surface area contributed by atoms with Gasteiger partial charge in [0.1, 0.15) is 6.07 Å². The van der Waals surface area contributed by atoms with E-state index in [-0.39, 0.29) is 0 Å². The monoisotopic (exact) mass is 214 g/mol. The first kappa shape index (κ1) is 10.2. The highest BCUT2D eigenvalue weighted by Crippen LogP contribution is 2.15. The number of aromatic nitrogens is 2. The van der Waals surface area contributed by atoms with Gasteiger partial charge in [-0.05, 0) is 6.07 Å². The Balaban J connectivity index is 2.21. The summed E-state index contributed by atoms with van der Waals surface area (Å²) in [4.78, 5) is 9.96. The van der Waals surface area contributed by atoms with Crippen LogP contribution in [0.4, 0.5) is 5.82 Å². The molecule has 0 radical (unpaired) electrons. The molecular formula is C11H10N4O. The second-order valence-electron chi connectivity index (χ2n) is 3.33. The van der Waals surface area contributed by atoms with Crippen LogP contribution in [0.25, 0.3) is 0 Å². The van der Waals surface area contributed by atoms with Crippen LogP contribution in [0.3, 0.4) is 0 Å². The molecule has 0 aromatic carbocycles. The number of hydrogen-bond donors (Lipinski definition) is 0. The first-order valence-electron chi connectivity index (χ1n) is 4.74. The van der Waals surface area contributed by atoms with Crippen LogP contribution in [-0.4, -0.2) is 17.0 Å². The summed E-state index contributed by atoms with van der Waals surface area (Å²) in [7, 11) is 1.86. The zero-order valence-corrected chi connectivity index (χ0v) is 8.79. The van der Waals surface area contributed by atoms with E-state index in [1.165, 1.54) is 6.20 Å². The third kappa shape index (κ3) is 2.01. The largest absolute Gasteiger partial charge is 0.472 e. The summed E-state index contributed by atoms with van der Waals surface area (Å²) in [6.07, 6.45) is 6.36. The van der Waals surface area contributed by atoms with Gasteiger partial charge in [-0.25, -0.2) is 9.97 Å². The minimum atomic E-state index is 0.327. The first-order chi connectivity index (χ1) is 7.81. The first-order valence-corrected chi connectivity index (χ1v) is 4.74. The number of nitrogens with zero attached hydrogens (tertiary/aromatic N) is 4. The van der Waals surface area contributed by atoms with E-state index >= 15 is 0 Å². The van der Waals surface area contributed by atoms with Crippen LogP contribution in [-0.2, 0) is 6.54 Å². The van der Waals surface area contributed by atoms with Crippen molar-refractivity contribution in [1.29, 1.82) is 5.26 Å². The summed E-state index contributed by atoms with van der Waals surface area (Å²) in [6, 6.07) is 3.89. The van der Waals surface area contributed by atoms with Crippen molar-refractivity contribution in [1.82, 2.24) is 9.97 Å². The van der Waals surface area contributed by atoms with Crippen molar-refractivity contribution in [3.63, 3.8) is 0 Å². The Morgan fingerprint density at radius 2 is 2.25 bits per heavy atom. The minimum absolute atomic E-state index is 0.327. The second-order valence-corrected chi connectivity index (χ2v) is 3.33. The molecule has 0 unspecified atom stereocenters. The number of hydrogen-bond acceptors (Lipinski definition) is 5. The van der Waals surface area contributed by atoms with E-state index < -0.39 is 0 Å². The average Bonchev–Trinajstić information content (AvgIpc) is 2.81. The topological polar surface area (TPSA) is 66.0 Å². The van der Waals surface area contributed by atoms with E-state index in [0.29, 0.717) is 18.1 Å². The molecular weight excluding hydrogens is 204 g/mol. The molecule has 5 heteroatoms. The van der Waals surface area contributed by atoms with Gasteiger partial charge in [-0.15, -0.1) is 0 Å². The Labute approximate surface area is 93.0 Å². The Morgan fingerprint density at radius 1 is 1.44 bits per heavy atom. The molecule has 5 nitrogen and oxygen atoms in total. The van der Waals surface area contributed by atoms with Gasteiger partial charge in [-0.2, -0.15) is 5.26 Å². The van der Waals surface area contributed by atoms with Gasteiger partial charge in [0, 0.05) is 31.5 Å². The lowest BCUT2D eigenvalue weighted by Gasteiger charge is -2.17. The molecule has 0 aliphatic heterocycles. The normalized spacial score (nSPS) is 9.75. The highest BCUT2D eigenvalue weighted by Gasteiger charge is 2.10. The lowest BCUT2D eigenvalue weighted by molar-refractivity contribution is 0.563. The quantitative estimate of drug-likeness (QED) is 0.776. The van der Waals surface area contributed by atoms with Crippen LogP contribution in [0.2, 0.25) is 0 Å². The van der Waals surface area contributed by atoms with Crippen LogP contribution >= 0.6 is 0 Å². The van der Waals surface area contributed by atoms with Gasteiger partial charge in [-0.3, -0.25) is 0 Å². The number of anilines is 1. The van der Waals surface area contributed by atoms with E-state index in [0.717, 1.165) is 5.56 Å². The molecule has 2 aromatic heterocycles. The molecule has 2 rings (SSSR count). The summed E-state index contributed by atoms with van der Waals surface area (Å²) in [5.41, 5.74) is 1.35. The fourth-order valence-corrected chi connectivity index (χ4v) is 1.42. The molecule has 0 saturated heterocycles. The smallest absolute Gasteiger partial charge is 0.183 e. The summed E-state index contributed by atoms with van der Waals surface area (Å²) in [5, 5.41) is 8.90. The van der Waals surface area contributed by atoms with Crippen molar-refractivity contribution in [2.24, 2.45) is 0 Å². The highest BCUT2D eigenvalue weighted by atomic mass is 16.3. The molecule has 0 aliphatic carbocycles. The highest BCUT2D eigenvalue weighted by molar-refractivity contribution is 5.48. The van der Waals surface area contributed by atoms with Crippen molar-refractivity contribution in [2.75, 3.05) is 11.9 Å². The average molecular weight is 214 g/mol. The fourth-order valence-electron chi connectivity index (χ4n) is 1.42. The Kier molecular flexibility index (Phi) is 2.83. The standard InChI is InChI=1S/C11H10N4O/c1-15(7-9-2-5-16-8-9)11-10(6-12)13-3-4-14-11/h2-5,8H,7H2,1H3. The fraction of sp³-hybridized carbons (Fsp3) is 0.182. The third-order valence-electron chi connectivity index (χ3n) is 2.15. The SMILES string of the molecule is CN(Cc1ccoc1)c1nccnc1C#N. The maximum absolute atomic E-state index is 8.90. The van der Waals surface area contributed by atoms with Crippen LogP contribution in [0.1, 0.15) is 11.3 Å². The van der Waals surface area contributed by atoms with Crippen molar-refractivity contribution < 1.29 is 4.42 Å². The molecule has 16 heavy (non-hydrogen) atoms. The molecule has 2 heterocycles. The molecule has 0 fully saturated rings. The molecule has 0 amide bonds. The van der Waals surface area contributed by atoms with Crippen molar-refractivity contribution in [3.05, 3.63) is 42.2 Å². The molecule has 2 aromatic rings. The van der Waals surface area contributed by atoms with Gasteiger partial charge in [0.25, 0.3) is 0 Å². The van der Waals surface area contributed by atoms with E-state index in [1.807, 2.05) is 24.1 Å². The third-order valence-corrected chi connectivity index (χ3v) is 2.15. The van der Waals surface area contributed by atoms with Crippen LogP contribution in [0.15, 0.2) is 35.4 Å². The molecule has 0 atom stereocenters. The van der Waals surface area contributed by atoms with Crippen LogP contribution < -0.4 is 4.90 Å². The van der Waals surface area contributed by atoms with Crippen molar-refractivity contribution in [3.8, 4) is 6.07 Å². The maximum atomic E-state index is 8.90. The zero-order chi connectivity index (χ0) is 11.4. The molecule has 0 saturated carbocycles. The summed E-state index contributed by atoms with van der Waals surface area (Å²) < 4.78 is 4.98. The van der Waals surface area contributed by atoms with Gasteiger partial charge < -0.3 is 9.32 Å². The molecule has 0 spiro atoms. The van der Waals surface area contributed by atoms with E-state index in [4.69, 9.17) is 9.68 Å². The Morgan fingerprint density at radius 3 is 2.94 bits per heavy atom. The Bertz CT molecular complexity index is 501. The molecule has 0 N–H and O–H groups in total. The predicted octanol–water partition coefficient (Wildman–Crippen LogP) is 1.58. The van der Waals surface area contributed by atoms with Gasteiger partial charge in [0.15, 0.2) is 11.5 Å². The van der Waals surface area contributed by atoms with Crippen molar-refractivity contribution >= 4 is 5.82 Å². The van der Waals surface area contributed by atoms with Crippen LogP contribution in [0, 0.1) is 11.3 Å². The van der Waals surface area contributed by atoms with Crippen molar-refractivity contribution in [2.45, 2.75) is 6.54 Å². The Hall–Kier alpha value is -2.35. The number of rotatable bonds is 3.